The summed E-state index contributed by atoms with van der Waals surface area (Å²) < 4.78 is 10.7. The highest BCUT2D eigenvalue weighted by molar-refractivity contribution is 5.36. The Hall–Kier alpha value is -2.07. The summed E-state index contributed by atoms with van der Waals surface area (Å²) in [5, 5.41) is 10.4. The largest absolute Gasteiger partial charge is 0.493 e. The Morgan fingerprint density at radius 3 is 2.67 bits per heavy atom. The number of para-hydroxylation sites is 1. The van der Waals surface area contributed by atoms with Crippen LogP contribution < -0.4 is 9.47 Å². The van der Waals surface area contributed by atoms with E-state index in [2.05, 4.69) is 11.9 Å². The zero-order valence-electron chi connectivity index (χ0n) is 12.5. The van der Waals surface area contributed by atoms with Gasteiger partial charge in [-0.3, -0.25) is 0 Å². The van der Waals surface area contributed by atoms with Gasteiger partial charge in [-0.15, -0.1) is 0 Å². The maximum Gasteiger partial charge on any atom is 0.212 e. The van der Waals surface area contributed by atoms with Gasteiger partial charge in [-0.2, -0.15) is 0 Å². The lowest BCUT2D eigenvalue weighted by Crippen LogP contribution is -2.06. The number of aliphatic hydroxyl groups excluding tert-OH is 1. The number of hydrogen-bond donors (Lipinski definition) is 1. The maximum atomic E-state index is 10.4. The third-order valence-corrected chi connectivity index (χ3v) is 3.18. The SMILES string of the molecule is CCCOc1ccccc1C(O)Cc1ccc(OC)nc1. The van der Waals surface area contributed by atoms with Crippen LogP contribution in [0.3, 0.4) is 0 Å². The molecule has 0 fully saturated rings. The van der Waals surface area contributed by atoms with Crippen LogP contribution in [-0.2, 0) is 6.42 Å². The van der Waals surface area contributed by atoms with Gasteiger partial charge >= 0.3 is 0 Å². The summed E-state index contributed by atoms with van der Waals surface area (Å²) in [6.07, 6.45) is 2.53. The number of benzene rings is 1. The number of aromatic nitrogens is 1. The van der Waals surface area contributed by atoms with Gasteiger partial charge in [0.15, 0.2) is 0 Å². The topological polar surface area (TPSA) is 51.6 Å². The minimum Gasteiger partial charge on any atom is -0.493 e. The third kappa shape index (κ3) is 4.20. The first-order chi connectivity index (χ1) is 10.2. The van der Waals surface area contributed by atoms with E-state index >= 15 is 0 Å². The van der Waals surface area contributed by atoms with E-state index in [-0.39, 0.29) is 0 Å². The third-order valence-electron chi connectivity index (χ3n) is 3.18. The molecular formula is C17H21NO3. The van der Waals surface area contributed by atoms with E-state index in [1.807, 2.05) is 30.3 Å². The highest BCUT2D eigenvalue weighted by Gasteiger charge is 2.14. The lowest BCUT2D eigenvalue weighted by molar-refractivity contribution is 0.171. The van der Waals surface area contributed by atoms with Crippen LogP contribution in [-0.4, -0.2) is 23.8 Å². The summed E-state index contributed by atoms with van der Waals surface area (Å²) in [4.78, 5) is 4.15. The smallest absolute Gasteiger partial charge is 0.212 e. The first kappa shape index (κ1) is 15.3. The molecule has 2 rings (SSSR count). The normalized spacial score (nSPS) is 12.0. The molecule has 0 saturated carbocycles. The van der Waals surface area contributed by atoms with Crippen molar-refractivity contribution < 1.29 is 14.6 Å². The van der Waals surface area contributed by atoms with Crippen LogP contribution in [0.5, 0.6) is 11.6 Å². The lowest BCUT2D eigenvalue weighted by Gasteiger charge is -2.16. The van der Waals surface area contributed by atoms with Crippen LogP contribution in [0.2, 0.25) is 0 Å². The highest BCUT2D eigenvalue weighted by atomic mass is 16.5. The average Bonchev–Trinajstić information content (AvgIpc) is 2.54. The van der Waals surface area contributed by atoms with Crippen LogP contribution >= 0.6 is 0 Å². The van der Waals surface area contributed by atoms with Crippen molar-refractivity contribution >= 4 is 0 Å². The van der Waals surface area contributed by atoms with Gasteiger partial charge in [0.05, 0.1) is 19.8 Å². The Morgan fingerprint density at radius 2 is 2.00 bits per heavy atom. The fourth-order valence-electron chi connectivity index (χ4n) is 2.08. The van der Waals surface area contributed by atoms with Gasteiger partial charge in [0.1, 0.15) is 5.75 Å². The van der Waals surface area contributed by atoms with Crippen molar-refractivity contribution in [2.45, 2.75) is 25.9 Å². The second-order valence-corrected chi connectivity index (χ2v) is 4.82. The molecule has 21 heavy (non-hydrogen) atoms. The van der Waals surface area contributed by atoms with E-state index in [9.17, 15) is 5.11 Å². The number of methoxy groups -OCH3 is 1. The molecule has 4 nitrogen and oxygen atoms in total. The van der Waals surface area contributed by atoms with Crippen LogP contribution in [0.15, 0.2) is 42.6 Å². The summed E-state index contributed by atoms with van der Waals surface area (Å²) >= 11 is 0. The van der Waals surface area contributed by atoms with Crippen LogP contribution in [0.1, 0.15) is 30.6 Å². The second-order valence-electron chi connectivity index (χ2n) is 4.82. The van der Waals surface area contributed by atoms with Crippen molar-refractivity contribution in [2.75, 3.05) is 13.7 Å². The van der Waals surface area contributed by atoms with Crippen molar-refractivity contribution in [1.29, 1.82) is 0 Å². The van der Waals surface area contributed by atoms with E-state index in [1.165, 1.54) is 0 Å². The van der Waals surface area contributed by atoms with Crippen molar-refractivity contribution in [3.05, 3.63) is 53.7 Å². The van der Waals surface area contributed by atoms with Crippen molar-refractivity contribution in [3.8, 4) is 11.6 Å². The number of hydrogen-bond acceptors (Lipinski definition) is 4. The molecule has 1 unspecified atom stereocenters. The quantitative estimate of drug-likeness (QED) is 0.850. The first-order valence-electron chi connectivity index (χ1n) is 7.13. The molecule has 1 N–H and O–H groups in total. The van der Waals surface area contributed by atoms with Gasteiger partial charge in [-0.05, 0) is 18.1 Å². The molecule has 1 aromatic carbocycles. The van der Waals surface area contributed by atoms with E-state index in [0.29, 0.717) is 18.9 Å². The van der Waals surface area contributed by atoms with Gasteiger partial charge in [0.25, 0.3) is 0 Å². The second kappa shape index (κ2) is 7.64. The molecule has 0 aliphatic heterocycles. The van der Waals surface area contributed by atoms with Crippen molar-refractivity contribution in [2.24, 2.45) is 0 Å². The van der Waals surface area contributed by atoms with Gasteiger partial charge in [-0.1, -0.05) is 31.2 Å². The Morgan fingerprint density at radius 1 is 1.19 bits per heavy atom. The lowest BCUT2D eigenvalue weighted by atomic mass is 10.0. The molecule has 112 valence electrons. The molecule has 0 aliphatic rings. The summed E-state index contributed by atoms with van der Waals surface area (Å²) in [6.45, 7) is 2.70. The maximum absolute atomic E-state index is 10.4. The van der Waals surface area contributed by atoms with Gasteiger partial charge in [0, 0.05) is 24.2 Å². The molecule has 1 aromatic heterocycles. The zero-order chi connectivity index (χ0) is 15.1. The van der Waals surface area contributed by atoms with E-state index in [0.717, 1.165) is 23.3 Å². The summed E-state index contributed by atoms with van der Waals surface area (Å²) in [5.74, 6) is 1.31. The Kier molecular flexibility index (Phi) is 5.58. The van der Waals surface area contributed by atoms with Gasteiger partial charge in [-0.25, -0.2) is 4.98 Å². The number of nitrogens with zero attached hydrogens (tertiary/aromatic N) is 1. The Labute approximate surface area is 125 Å². The molecule has 0 saturated heterocycles. The van der Waals surface area contributed by atoms with Crippen LogP contribution in [0.4, 0.5) is 0 Å². The zero-order valence-corrected chi connectivity index (χ0v) is 12.5. The number of aliphatic hydroxyl groups is 1. The molecule has 0 bridgehead atoms. The molecule has 0 spiro atoms. The van der Waals surface area contributed by atoms with Crippen LogP contribution in [0, 0.1) is 0 Å². The van der Waals surface area contributed by atoms with Crippen molar-refractivity contribution in [3.63, 3.8) is 0 Å². The predicted molar refractivity (Wildman–Crippen MR) is 81.7 cm³/mol. The number of ether oxygens (including phenoxy) is 2. The van der Waals surface area contributed by atoms with E-state index in [1.54, 1.807) is 19.4 Å². The molecule has 1 atom stereocenters. The summed E-state index contributed by atoms with van der Waals surface area (Å²) in [6, 6.07) is 11.3. The van der Waals surface area contributed by atoms with Gasteiger partial charge in [0.2, 0.25) is 5.88 Å². The number of pyridine rings is 1. The minimum atomic E-state index is -0.617. The fourth-order valence-corrected chi connectivity index (χ4v) is 2.08. The predicted octanol–water partition coefficient (Wildman–Crippen LogP) is 3.16. The molecule has 0 aliphatic carbocycles. The summed E-state index contributed by atoms with van der Waals surface area (Å²) in [7, 11) is 1.58. The molecule has 0 amide bonds. The molecule has 1 heterocycles. The summed E-state index contributed by atoms with van der Waals surface area (Å²) in [5.41, 5.74) is 1.76. The van der Waals surface area contributed by atoms with Crippen LogP contribution in [0.25, 0.3) is 0 Å². The molecule has 2 aromatic rings. The monoisotopic (exact) mass is 287 g/mol. The standard InChI is InChI=1S/C17H21NO3/c1-3-10-21-16-7-5-4-6-14(16)15(19)11-13-8-9-17(20-2)18-12-13/h4-9,12,15,19H,3,10-11H2,1-2H3. The first-order valence-corrected chi connectivity index (χ1v) is 7.13. The average molecular weight is 287 g/mol. The Balaban J connectivity index is 2.09. The Bertz CT molecular complexity index is 554. The minimum absolute atomic E-state index is 0.490. The van der Waals surface area contributed by atoms with E-state index in [4.69, 9.17) is 9.47 Å². The molecule has 0 radical (unpaired) electrons. The van der Waals surface area contributed by atoms with Gasteiger partial charge < -0.3 is 14.6 Å². The van der Waals surface area contributed by atoms with E-state index < -0.39 is 6.10 Å². The molecule has 4 heteroatoms. The molecular weight excluding hydrogens is 266 g/mol. The number of rotatable bonds is 7. The fraction of sp³-hybridized carbons (Fsp3) is 0.353. The highest BCUT2D eigenvalue weighted by Crippen LogP contribution is 2.27. The van der Waals surface area contributed by atoms with Crippen molar-refractivity contribution in [1.82, 2.24) is 4.98 Å².